The molecule has 2 heterocycles. The van der Waals surface area contributed by atoms with Crippen LogP contribution in [0.2, 0.25) is 0 Å². The molecule has 2 N–H and O–H groups in total. The number of hydrogen-bond donors (Lipinski definition) is 2. The molecule has 0 saturated carbocycles. The van der Waals surface area contributed by atoms with Crippen LogP contribution in [0.4, 0.5) is 5.95 Å². The number of amides is 1. The van der Waals surface area contributed by atoms with Crippen molar-refractivity contribution in [1.29, 1.82) is 0 Å². The van der Waals surface area contributed by atoms with Crippen molar-refractivity contribution in [2.75, 3.05) is 45.4 Å². The van der Waals surface area contributed by atoms with Crippen molar-refractivity contribution < 1.29 is 19.0 Å². The van der Waals surface area contributed by atoms with Crippen molar-refractivity contribution in [3.8, 4) is 11.5 Å². The fraction of sp³-hybridized carbons (Fsp3) is 0.476. The number of benzene rings is 1. The predicted octanol–water partition coefficient (Wildman–Crippen LogP) is 1.18. The molecule has 0 atom stereocenters. The molecule has 1 aliphatic rings. The normalized spacial score (nSPS) is 13.8. The Labute approximate surface area is 175 Å². The summed E-state index contributed by atoms with van der Waals surface area (Å²) in [5.74, 6) is 1.73. The Kier molecular flexibility index (Phi) is 7.29. The van der Waals surface area contributed by atoms with Crippen molar-refractivity contribution in [1.82, 2.24) is 15.3 Å². The molecule has 1 aromatic carbocycles. The molecular weight excluding hydrogens is 388 g/mol. The van der Waals surface area contributed by atoms with Gasteiger partial charge in [-0.15, -0.1) is 0 Å². The average molecular weight is 416 g/mol. The van der Waals surface area contributed by atoms with Crippen LogP contribution in [0.3, 0.4) is 0 Å². The Morgan fingerprint density at radius 2 is 1.87 bits per heavy atom. The van der Waals surface area contributed by atoms with Crippen LogP contribution in [0.25, 0.3) is 0 Å². The van der Waals surface area contributed by atoms with Crippen LogP contribution in [0.15, 0.2) is 23.0 Å². The monoisotopic (exact) mass is 416 g/mol. The van der Waals surface area contributed by atoms with Crippen LogP contribution in [0.1, 0.15) is 23.2 Å². The quantitative estimate of drug-likeness (QED) is 0.666. The van der Waals surface area contributed by atoms with E-state index in [9.17, 15) is 9.59 Å². The molecule has 1 aliphatic heterocycles. The molecule has 2 aromatic rings. The molecule has 9 heteroatoms. The number of aromatic amines is 1. The first-order valence-electron chi connectivity index (χ1n) is 9.91. The largest absolute Gasteiger partial charge is 0.497 e. The number of ether oxygens (including phenoxy) is 3. The van der Waals surface area contributed by atoms with E-state index >= 15 is 0 Å². The van der Waals surface area contributed by atoms with Crippen molar-refractivity contribution >= 4 is 11.9 Å². The van der Waals surface area contributed by atoms with E-state index in [1.807, 2.05) is 17.0 Å². The number of morpholine rings is 1. The molecule has 1 fully saturated rings. The van der Waals surface area contributed by atoms with E-state index in [2.05, 4.69) is 15.3 Å². The third kappa shape index (κ3) is 5.50. The lowest BCUT2D eigenvalue weighted by molar-refractivity contribution is -0.121. The maximum atomic E-state index is 12.5. The number of hydrogen-bond acceptors (Lipinski definition) is 7. The number of nitrogens with zero attached hydrogens (tertiary/aromatic N) is 2. The minimum atomic E-state index is -0.200. The summed E-state index contributed by atoms with van der Waals surface area (Å²) in [4.78, 5) is 34.2. The van der Waals surface area contributed by atoms with Crippen molar-refractivity contribution in [3.63, 3.8) is 0 Å². The Morgan fingerprint density at radius 3 is 2.47 bits per heavy atom. The summed E-state index contributed by atoms with van der Waals surface area (Å²) in [6.07, 6.45) is 0.522. The lowest BCUT2D eigenvalue weighted by Crippen LogP contribution is -2.38. The van der Waals surface area contributed by atoms with Gasteiger partial charge in [-0.05, 0) is 31.0 Å². The SMILES string of the molecule is COc1cc(CNC(=O)CCc2c(C)nc(N3CCOCC3)[nH]c2=O)cc(OC)c1. The van der Waals surface area contributed by atoms with E-state index in [1.54, 1.807) is 27.2 Å². The first-order valence-corrected chi connectivity index (χ1v) is 9.91. The number of aromatic nitrogens is 2. The molecule has 1 saturated heterocycles. The van der Waals surface area contributed by atoms with Gasteiger partial charge in [0.25, 0.3) is 5.56 Å². The molecular formula is C21H28N4O5. The Hall–Kier alpha value is -3.07. The van der Waals surface area contributed by atoms with Crippen LogP contribution >= 0.6 is 0 Å². The van der Waals surface area contributed by atoms with Crippen LogP contribution < -0.4 is 25.2 Å². The molecule has 1 amide bonds. The Morgan fingerprint density at radius 1 is 1.20 bits per heavy atom. The highest BCUT2D eigenvalue weighted by molar-refractivity contribution is 5.76. The van der Waals surface area contributed by atoms with Gasteiger partial charge >= 0.3 is 0 Å². The molecule has 0 bridgehead atoms. The molecule has 0 spiro atoms. The number of rotatable bonds is 8. The maximum absolute atomic E-state index is 12.5. The topological polar surface area (TPSA) is 106 Å². The van der Waals surface area contributed by atoms with Gasteiger partial charge in [0.2, 0.25) is 11.9 Å². The minimum absolute atomic E-state index is 0.146. The summed E-state index contributed by atoms with van der Waals surface area (Å²) in [5, 5.41) is 2.87. The fourth-order valence-electron chi connectivity index (χ4n) is 3.31. The van der Waals surface area contributed by atoms with Gasteiger partial charge < -0.3 is 24.4 Å². The summed E-state index contributed by atoms with van der Waals surface area (Å²) in [6, 6.07) is 5.45. The maximum Gasteiger partial charge on any atom is 0.255 e. The minimum Gasteiger partial charge on any atom is -0.497 e. The number of H-pyrrole nitrogens is 1. The number of nitrogens with one attached hydrogen (secondary N) is 2. The van der Waals surface area contributed by atoms with Crippen LogP contribution in [0.5, 0.6) is 11.5 Å². The van der Waals surface area contributed by atoms with E-state index in [0.29, 0.717) is 68.0 Å². The highest BCUT2D eigenvalue weighted by Gasteiger charge is 2.16. The van der Waals surface area contributed by atoms with E-state index in [4.69, 9.17) is 14.2 Å². The fourth-order valence-corrected chi connectivity index (χ4v) is 3.31. The summed E-state index contributed by atoms with van der Waals surface area (Å²) in [6.45, 7) is 4.76. The second-order valence-corrected chi connectivity index (χ2v) is 7.05. The number of anilines is 1. The summed E-state index contributed by atoms with van der Waals surface area (Å²) in [7, 11) is 3.16. The molecule has 0 aliphatic carbocycles. The average Bonchev–Trinajstić information content (AvgIpc) is 2.77. The Balaban J connectivity index is 1.57. The van der Waals surface area contributed by atoms with Crippen LogP contribution in [-0.2, 0) is 22.5 Å². The second kappa shape index (κ2) is 10.1. The van der Waals surface area contributed by atoms with Gasteiger partial charge in [-0.2, -0.15) is 0 Å². The summed E-state index contributed by atoms with van der Waals surface area (Å²) < 4.78 is 15.8. The standard InChI is InChI=1S/C21H28N4O5/c1-14-18(20(27)24-21(23-14)25-6-8-30-9-7-25)4-5-19(26)22-13-15-10-16(28-2)12-17(11-15)29-3/h10-12H,4-9,13H2,1-3H3,(H,22,26)(H,23,24,27). The highest BCUT2D eigenvalue weighted by atomic mass is 16.5. The zero-order chi connectivity index (χ0) is 21.5. The smallest absolute Gasteiger partial charge is 0.255 e. The van der Waals surface area contributed by atoms with Gasteiger partial charge in [-0.1, -0.05) is 0 Å². The Bertz CT molecular complexity index is 915. The van der Waals surface area contributed by atoms with Gasteiger partial charge in [0.1, 0.15) is 11.5 Å². The molecule has 3 rings (SSSR count). The lowest BCUT2D eigenvalue weighted by Gasteiger charge is -2.27. The van der Waals surface area contributed by atoms with Gasteiger partial charge in [0, 0.05) is 43.4 Å². The van der Waals surface area contributed by atoms with Crippen LogP contribution in [0, 0.1) is 6.92 Å². The molecule has 162 valence electrons. The van der Waals surface area contributed by atoms with Gasteiger partial charge in [0.15, 0.2) is 0 Å². The van der Waals surface area contributed by atoms with E-state index < -0.39 is 0 Å². The van der Waals surface area contributed by atoms with Crippen molar-refractivity contribution in [2.45, 2.75) is 26.3 Å². The first kappa shape index (κ1) is 21.6. The van der Waals surface area contributed by atoms with Gasteiger partial charge in [-0.3, -0.25) is 14.6 Å². The zero-order valence-corrected chi connectivity index (χ0v) is 17.6. The predicted molar refractivity (Wildman–Crippen MR) is 112 cm³/mol. The molecule has 9 nitrogen and oxygen atoms in total. The van der Waals surface area contributed by atoms with Gasteiger partial charge in [0.05, 0.1) is 27.4 Å². The zero-order valence-electron chi connectivity index (χ0n) is 17.6. The van der Waals surface area contributed by atoms with Crippen LogP contribution in [-0.4, -0.2) is 56.4 Å². The molecule has 30 heavy (non-hydrogen) atoms. The third-order valence-electron chi connectivity index (χ3n) is 5.02. The van der Waals surface area contributed by atoms with Crippen molar-refractivity contribution in [3.05, 3.63) is 45.4 Å². The lowest BCUT2D eigenvalue weighted by atomic mass is 10.1. The van der Waals surface area contributed by atoms with Crippen molar-refractivity contribution in [2.24, 2.45) is 0 Å². The number of carbonyl (C=O) groups excluding carboxylic acids is 1. The summed E-state index contributed by atoms with van der Waals surface area (Å²) >= 11 is 0. The second-order valence-electron chi connectivity index (χ2n) is 7.05. The van der Waals surface area contributed by atoms with E-state index in [1.165, 1.54) is 0 Å². The highest BCUT2D eigenvalue weighted by Crippen LogP contribution is 2.22. The number of aryl methyl sites for hydroxylation is 1. The number of methoxy groups -OCH3 is 2. The van der Waals surface area contributed by atoms with E-state index in [0.717, 1.165) is 5.56 Å². The van der Waals surface area contributed by atoms with E-state index in [-0.39, 0.29) is 17.9 Å². The first-order chi connectivity index (χ1) is 14.5. The third-order valence-corrected chi connectivity index (χ3v) is 5.02. The molecule has 1 aromatic heterocycles. The van der Waals surface area contributed by atoms with Gasteiger partial charge in [-0.25, -0.2) is 4.98 Å². The molecule has 0 unspecified atom stereocenters. The summed E-state index contributed by atoms with van der Waals surface area (Å²) in [5.41, 5.74) is 1.84. The number of carbonyl (C=O) groups is 1. The molecule has 0 radical (unpaired) electrons.